The Bertz CT molecular complexity index is 778. The van der Waals surface area contributed by atoms with Crippen LogP contribution in [0.4, 0.5) is 0 Å². The number of carbonyl (C=O) groups is 1. The van der Waals surface area contributed by atoms with Gasteiger partial charge in [0.15, 0.2) is 0 Å². The minimum Gasteiger partial charge on any atom is -0.350 e. The van der Waals surface area contributed by atoms with Crippen LogP contribution in [0.25, 0.3) is 10.9 Å². The van der Waals surface area contributed by atoms with Crippen molar-refractivity contribution in [1.29, 1.82) is 0 Å². The van der Waals surface area contributed by atoms with Crippen molar-refractivity contribution in [2.75, 3.05) is 0 Å². The van der Waals surface area contributed by atoms with Gasteiger partial charge in [-0.1, -0.05) is 18.2 Å². The van der Waals surface area contributed by atoms with Gasteiger partial charge in [0.25, 0.3) is 0 Å². The first-order chi connectivity index (χ1) is 11.3. The van der Waals surface area contributed by atoms with E-state index in [0.29, 0.717) is 25.9 Å². The van der Waals surface area contributed by atoms with Gasteiger partial charge in [0, 0.05) is 24.9 Å². The number of nitrogens with zero attached hydrogens (tertiary/aromatic N) is 6. The van der Waals surface area contributed by atoms with Gasteiger partial charge in [-0.15, -0.1) is 5.10 Å². The molecule has 1 aromatic carbocycles. The fourth-order valence-electron chi connectivity index (χ4n) is 2.52. The maximum atomic E-state index is 12.0. The van der Waals surface area contributed by atoms with E-state index in [0.717, 1.165) is 23.1 Å². The van der Waals surface area contributed by atoms with Crippen molar-refractivity contribution >= 4 is 16.8 Å². The lowest BCUT2D eigenvalue weighted by atomic mass is 10.2. The standard InChI is InChI=1S/C15H19N7O/c1-2-22-14-7-4-3-6-12(14)13(18-22)10-16-15(23)8-5-9-21-11-17-19-20-21/h3-4,6-7,11H,2,5,8-10H2,1H3,(H,16,23). The van der Waals surface area contributed by atoms with Gasteiger partial charge in [-0.25, -0.2) is 4.68 Å². The predicted octanol–water partition coefficient (Wildman–Crippen LogP) is 1.14. The van der Waals surface area contributed by atoms with Crippen molar-refractivity contribution in [3.05, 3.63) is 36.3 Å². The summed E-state index contributed by atoms with van der Waals surface area (Å²) in [6, 6.07) is 8.07. The monoisotopic (exact) mass is 313 g/mol. The summed E-state index contributed by atoms with van der Waals surface area (Å²) in [6.45, 7) is 3.94. The quantitative estimate of drug-likeness (QED) is 0.706. The molecule has 0 saturated heterocycles. The molecule has 0 aliphatic rings. The number of hydrogen-bond donors (Lipinski definition) is 1. The number of carbonyl (C=O) groups excluding carboxylic acids is 1. The van der Waals surface area contributed by atoms with Gasteiger partial charge in [-0.2, -0.15) is 5.10 Å². The van der Waals surface area contributed by atoms with Crippen molar-refractivity contribution in [3.8, 4) is 0 Å². The van der Waals surface area contributed by atoms with Crippen molar-refractivity contribution in [1.82, 2.24) is 35.3 Å². The highest BCUT2D eigenvalue weighted by molar-refractivity contribution is 5.82. The summed E-state index contributed by atoms with van der Waals surface area (Å²) in [5.41, 5.74) is 1.99. The molecule has 0 unspecified atom stereocenters. The molecule has 0 spiro atoms. The van der Waals surface area contributed by atoms with Gasteiger partial charge in [0.1, 0.15) is 6.33 Å². The van der Waals surface area contributed by atoms with Crippen LogP contribution in [-0.4, -0.2) is 35.9 Å². The number of amides is 1. The predicted molar refractivity (Wildman–Crippen MR) is 84.3 cm³/mol. The summed E-state index contributed by atoms with van der Waals surface area (Å²) in [7, 11) is 0. The van der Waals surface area contributed by atoms with Crippen LogP contribution in [0.2, 0.25) is 0 Å². The first-order valence-corrected chi connectivity index (χ1v) is 7.70. The summed E-state index contributed by atoms with van der Waals surface area (Å²) < 4.78 is 3.57. The lowest BCUT2D eigenvalue weighted by molar-refractivity contribution is -0.121. The smallest absolute Gasteiger partial charge is 0.220 e. The van der Waals surface area contributed by atoms with Crippen molar-refractivity contribution in [3.63, 3.8) is 0 Å². The van der Waals surface area contributed by atoms with Crippen LogP contribution in [0.1, 0.15) is 25.5 Å². The molecule has 1 N–H and O–H groups in total. The molecule has 2 heterocycles. The zero-order valence-corrected chi connectivity index (χ0v) is 13.0. The van der Waals surface area contributed by atoms with Crippen LogP contribution >= 0.6 is 0 Å². The lowest BCUT2D eigenvalue weighted by Gasteiger charge is -2.03. The van der Waals surface area contributed by atoms with Crippen molar-refractivity contribution < 1.29 is 4.79 Å². The van der Waals surface area contributed by atoms with E-state index in [1.807, 2.05) is 28.9 Å². The molecule has 0 aliphatic heterocycles. The Morgan fingerprint density at radius 2 is 2.17 bits per heavy atom. The average Bonchev–Trinajstić information content (AvgIpc) is 3.20. The molecule has 1 amide bonds. The molecular weight excluding hydrogens is 294 g/mol. The summed E-state index contributed by atoms with van der Waals surface area (Å²) in [6.07, 6.45) is 2.68. The third kappa shape index (κ3) is 3.53. The largest absolute Gasteiger partial charge is 0.350 e. The van der Waals surface area contributed by atoms with Crippen LogP contribution in [-0.2, 0) is 24.4 Å². The van der Waals surface area contributed by atoms with Crippen LogP contribution in [0.15, 0.2) is 30.6 Å². The molecule has 0 aliphatic carbocycles. The fraction of sp³-hybridized carbons (Fsp3) is 0.400. The molecule has 23 heavy (non-hydrogen) atoms. The van der Waals surface area contributed by atoms with Gasteiger partial charge in [-0.05, 0) is 29.8 Å². The lowest BCUT2D eigenvalue weighted by Crippen LogP contribution is -2.23. The number of aryl methyl sites for hydroxylation is 2. The molecule has 0 fully saturated rings. The number of tetrazole rings is 1. The Balaban J connectivity index is 1.54. The molecule has 3 aromatic rings. The maximum Gasteiger partial charge on any atom is 0.220 e. The fourth-order valence-corrected chi connectivity index (χ4v) is 2.52. The van der Waals surface area contributed by atoms with Crippen LogP contribution in [0, 0.1) is 0 Å². The van der Waals surface area contributed by atoms with Crippen LogP contribution in [0.3, 0.4) is 0 Å². The second-order valence-electron chi connectivity index (χ2n) is 5.23. The summed E-state index contributed by atoms with van der Waals surface area (Å²) in [5.74, 6) is 0.00760. The zero-order valence-electron chi connectivity index (χ0n) is 13.0. The average molecular weight is 313 g/mol. The van der Waals surface area contributed by atoms with E-state index in [9.17, 15) is 4.79 Å². The Morgan fingerprint density at radius 1 is 1.30 bits per heavy atom. The molecule has 0 bridgehead atoms. The summed E-state index contributed by atoms with van der Waals surface area (Å²) >= 11 is 0. The zero-order chi connectivity index (χ0) is 16.1. The van der Waals surface area contributed by atoms with Gasteiger partial charge >= 0.3 is 0 Å². The van der Waals surface area contributed by atoms with Gasteiger partial charge < -0.3 is 5.32 Å². The maximum absolute atomic E-state index is 12.0. The second kappa shape index (κ2) is 6.99. The van der Waals surface area contributed by atoms with E-state index in [1.54, 1.807) is 11.0 Å². The highest BCUT2D eigenvalue weighted by Gasteiger charge is 2.10. The SMILES string of the molecule is CCn1nc(CNC(=O)CCCn2cnnn2)c2ccccc21. The molecule has 0 atom stereocenters. The van der Waals surface area contributed by atoms with Gasteiger partial charge in [0.05, 0.1) is 17.8 Å². The number of hydrogen-bond acceptors (Lipinski definition) is 5. The van der Waals surface area contributed by atoms with E-state index in [-0.39, 0.29) is 5.91 Å². The number of nitrogens with one attached hydrogen (secondary N) is 1. The van der Waals surface area contributed by atoms with Crippen LogP contribution in [0.5, 0.6) is 0 Å². The van der Waals surface area contributed by atoms with Gasteiger partial charge in [0.2, 0.25) is 5.91 Å². The molecule has 0 saturated carbocycles. The minimum absolute atomic E-state index is 0.00760. The number of para-hydroxylation sites is 1. The van der Waals surface area contributed by atoms with Gasteiger partial charge in [-0.3, -0.25) is 9.48 Å². The molecule has 0 radical (unpaired) electrons. The van der Waals surface area contributed by atoms with E-state index >= 15 is 0 Å². The Hall–Kier alpha value is -2.77. The number of aromatic nitrogens is 6. The molecular formula is C15H19N7O. The van der Waals surface area contributed by atoms with Crippen molar-refractivity contribution in [2.45, 2.75) is 39.4 Å². The normalized spacial score (nSPS) is 11.0. The third-order valence-electron chi connectivity index (χ3n) is 3.67. The Labute approximate surface area is 133 Å². The van der Waals surface area contributed by atoms with E-state index < -0.39 is 0 Å². The summed E-state index contributed by atoms with van der Waals surface area (Å²) in [5, 5.41) is 19.5. The number of rotatable bonds is 7. The second-order valence-corrected chi connectivity index (χ2v) is 5.23. The van der Waals surface area contributed by atoms with E-state index in [1.165, 1.54) is 0 Å². The first kappa shape index (κ1) is 15.1. The number of fused-ring (bicyclic) bond motifs is 1. The number of benzene rings is 1. The topological polar surface area (TPSA) is 90.5 Å². The molecule has 120 valence electrons. The Kier molecular flexibility index (Phi) is 4.60. The van der Waals surface area contributed by atoms with E-state index in [4.69, 9.17) is 0 Å². The molecule has 2 aromatic heterocycles. The minimum atomic E-state index is 0.00760. The van der Waals surface area contributed by atoms with E-state index in [2.05, 4.69) is 32.9 Å². The van der Waals surface area contributed by atoms with Crippen molar-refractivity contribution in [2.24, 2.45) is 0 Å². The first-order valence-electron chi connectivity index (χ1n) is 7.70. The molecule has 3 rings (SSSR count). The third-order valence-corrected chi connectivity index (χ3v) is 3.67. The molecule has 8 nitrogen and oxygen atoms in total. The van der Waals surface area contributed by atoms with Crippen LogP contribution < -0.4 is 5.32 Å². The molecule has 8 heteroatoms. The Morgan fingerprint density at radius 3 is 2.96 bits per heavy atom. The highest BCUT2D eigenvalue weighted by atomic mass is 16.1. The summed E-state index contributed by atoms with van der Waals surface area (Å²) in [4.78, 5) is 12.0. The highest BCUT2D eigenvalue weighted by Crippen LogP contribution is 2.18.